The number of hydrogen-bond acceptors (Lipinski definition) is 3. The number of unbranched alkanes of at least 4 members (excludes halogenated alkanes) is 2. The zero-order valence-corrected chi connectivity index (χ0v) is 15.5. The third kappa shape index (κ3) is 5.31. The SMILES string of the molecule is CC(C)c1ccc(N2CCC(C(=O)NCCCCCC(=O)O)C2=O)cc1. The van der Waals surface area contributed by atoms with Crippen molar-refractivity contribution in [3.63, 3.8) is 0 Å². The highest BCUT2D eigenvalue weighted by atomic mass is 16.4. The van der Waals surface area contributed by atoms with Crippen molar-refractivity contribution >= 4 is 23.5 Å². The number of nitrogens with one attached hydrogen (secondary N) is 1. The van der Waals surface area contributed by atoms with Crippen molar-refractivity contribution in [1.29, 1.82) is 0 Å². The lowest BCUT2D eigenvalue weighted by molar-refractivity contribution is -0.137. The smallest absolute Gasteiger partial charge is 0.303 e. The zero-order valence-electron chi connectivity index (χ0n) is 15.5. The van der Waals surface area contributed by atoms with E-state index in [0.717, 1.165) is 18.5 Å². The van der Waals surface area contributed by atoms with Crippen LogP contribution in [0.4, 0.5) is 5.69 Å². The lowest BCUT2D eigenvalue weighted by Gasteiger charge is -2.18. The zero-order chi connectivity index (χ0) is 19.1. The van der Waals surface area contributed by atoms with E-state index >= 15 is 0 Å². The van der Waals surface area contributed by atoms with Gasteiger partial charge in [-0.2, -0.15) is 0 Å². The first-order chi connectivity index (χ1) is 12.4. The van der Waals surface area contributed by atoms with Gasteiger partial charge in [-0.1, -0.05) is 32.4 Å². The molecule has 6 heteroatoms. The number of aliphatic carboxylic acids is 1. The molecule has 0 spiro atoms. The van der Waals surface area contributed by atoms with Crippen molar-refractivity contribution in [1.82, 2.24) is 5.32 Å². The number of carbonyl (C=O) groups excluding carboxylic acids is 2. The summed E-state index contributed by atoms with van der Waals surface area (Å²) >= 11 is 0. The molecule has 1 atom stereocenters. The lowest BCUT2D eigenvalue weighted by atomic mass is 10.0. The van der Waals surface area contributed by atoms with Crippen molar-refractivity contribution in [2.75, 3.05) is 18.0 Å². The normalized spacial score (nSPS) is 17.0. The Kier molecular flexibility index (Phi) is 7.18. The number of benzene rings is 1. The summed E-state index contributed by atoms with van der Waals surface area (Å²) in [5, 5.41) is 11.4. The van der Waals surface area contributed by atoms with Gasteiger partial charge in [-0.05, 0) is 42.9 Å². The maximum Gasteiger partial charge on any atom is 0.303 e. The highest BCUT2D eigenvalue weighted by molar-refractivity contribution is 6.09. The second kappa shape index (κ2) is 9.36. The molecular formula is C20H28N2O4. The van der Waals surface area contributed by atoms with E-state index in [1.54, 1.807) is 4.90 Å². The van der Waals surface area contributed by atoms with Crippen LogP contribution in [0.1, 0.15) is 57.4 Å². The van der Waals surface area contributed by atoms with E-state index in [1.165, 1.54) is 5.56 Å². The van der Waals surface area contributed by atoms with Crippen LogP contribution in [0.15, 0.2) is 24.3 Å². The van der Waals surface area contributed by atoms with Crippen LogP contribution in [-0.2, 0) is 14.4 Å². The Hall–Kier alpha value is -2.37. The molecule has 6 nitrogen and oxygen atoms in total. The highest BCUT2D eigenvalue weighted by Crippen LogP contribution is 2.27. The minimum atomic E-state index is -0.799. The number of amides is 2. The van der Waals surface area contributed by atoms with Crippen molar-refractivity contribution in [3.8, 4) is 0 Å². The monoisotopic (exact) mass is 360 g/mol. The second-order valence-electron chi connectivity index (χ2n) is 7.07. The molecule has 0 radical (unpaired) electrons. The van der Waals surface area contributed by atoms with E-state index in [1.807, 2.05) is 24.3 Å². The van der Waals surface area contributed by atoms with Crippen LogP contribution in [0.25, 0.3) is 0 Å². The van der Waals surface area contributed by atoms with Gasteiger partial charge in [-0.25, -0.2) is 0 Å². The van der Waals surface area contributed by atoms with Crippen LogP contribution in [-0.4, -0.2) is 36.0 Å². The fraction of sp³-hybridized carbons (Fsp3) is 0.550. The Bertz CT molecular complexity index is 640. The molecular weight excluding hydrogens is 332 g/mol. The van der Waals surface area contributed by atoms with Crippen LogP contribution in [0, 0.1) is 5.92 Å². The standard InChI is InChI=1S/C20H28N2O4/c1-14(2)15-7-9-16(10-8-15)22-13-11-17(20(22)26)19(25)21-12-5-3-4-6-18(23)24/h7-10,14,17H,3-6,11-13H2,1-2H3,(H,21,25)(H,23,24). The summed E-state index contributed by atoms with van der Waals surface area (Å²) < 4.78 is 0. The van der Waals surface area contributed by atoms with Gasteiger partial charge in [0, 0.05) is 25.2 Å². The van der Waals surface area contributed by atoms with Crippen molar-refractivity contribution in [2.24, 2.45) is 5.92 Å². The molecule has 26 heavy (non-hydrogen) atoms. The maximum atomic E-state index is 12.6. The molecule has 2 rings (SSSR count). The number of anilines is 1. The van der Waals surface area contributed by atoms with Crippen molar-refractivity contribution in [3.05, 3.63) is 29.8 Å². The molecule has 0 aliphatic carbocycles. The number of carboxylic acid groups (broad SMARTS) is 1. The summed E-state index contributed by atoms with van der Waals surface area (Å²) in [4.78, 5) is 37.0. The number of nitrogens with zero attached hydrogens (tertiary/aromatic N) is 1. The largest absolute Gasteiger partial charge is 0.481 e. The van der Waals surface area contributed by atoms with Gasteiger partial charge in [0.1, 0.15) is 5.92 Å². The fourth-order valence-corrected chi connectivity index (χ4v) is 3.13. The molecule has 142 valence electrons. The van der Waals surface area contributed by atoms with Crippen LogP contribution in [0.3, 0.4) is 0 Å². The van der Waals surface area contributed by atoms with E-state index in [0.29, 0.717) is 31.8 Å². The Morgan fingerprint density at radius 1 is 1.19 bits per heavy atom. The second-order valence-corrected chi connectivity index (χ2v) is 7.07. The fourth-order valence-electron chi connectivity index (χ4n) is 3.13. The number of carbonyl (C=O) groups is 3. The van der Waals surface area contributed by atoms with E-state index in [2.05, 4.69) is 19.2 Å². The van der Waals surface area contributed by atoms with Gasteiger partial charge in [-0.15, -0.1) is 0 Å². The van der Waals surface area contributed by atoms with Gasteiger partial charge < -0.3 is 15.3 Å². The summed E-state index contributed by atoms with van der Waals surface area (Å²) in [6, 6.07) is 7.93. The Morgan fingerprint density at radius 2 is 1.88 bits per heavy atom. The third-order valence-corrected chi connectivity index (χ3v) is 4.76. The molecule has 0 aromatic heterocycles. The van der Waals surface area contributed by atoms with Gasteiger partial charge in [-0.3, -0.25) is 14.4 Å². The van der Waals surface area contributed by atoms with Gasteiger partial charge in [0.15, 0.2) is 0 Å². The summed E-state index contributed by atoms with van der Waals surface area (Å²) in [6.45, 7) is 5.28. The number of rotatable bonds is 9. The van der Waals surface area contributed by atoms with Gasteiger partial charge >= 0.3 is 5.97 Å². The van der Waals surface area contributed by atoms with E-state index in [4.69, 9.17) is 5.11 Å². The minimum Gasteiger partial charge on any atom is -0.481 e. The van der Waals surface area contributed by atoms with E-state index in [-0.39, 0.29) is 18.2 Å². The Morgan fingerprint density at radius 3 is 2.50 bits per heavy atom. The predicted octanol–water partition coefficient (Wildman–Crippen LogP) is 2.92. The summed E-state index contributed by atoms with van der Waals surface area (Å²) in [6.07, 6.45) is 2.75. The molecule has 1 aliphatic rings. The third-order valence-electron chi connectivity index (χ3n) is 4.76. The summed E-state index contributed by atoms with van der Waals surface area (Å²) in [5.74, 6) is -1.36. The maximum absolute atomic E-state index is 12.6. The molecule has 1 aliphatic heterocycles. The average Bonchev–Trinajstić information content (AvgIpc) is 2.99. The predicted molar refractivity (Wildman–Crippen MR) is 100 cm³/mol. The Labute approximate surface area is 154 Å². The first-order valence-corrected chi connectivity index (χ1v) is 9.31. The van der Waals surface area contributed by atoms with Gasteiger partial charge in [0.2, 0.25) is 11.8 Å². The molecule has 1 aromatic carbocycles. The first kappa shape index (κ1) is 19.9. The molecule has 1 heterocycles. The van der Waals surface area contributed by atoms with Crippen LogP contribution in [0.2, 0.25) is 0 Å². The molecule has 1 aromatic rings. The van der Waals surface area contributed by atoms with Crippen molar-refractivity contribution < 1.29 is 19.5 Å². The first-order valence-electron chi connectivity index (χ1n) is 9.31. The number of carboxylic acids is 1. The van der Waals surface area contributed by atoms with E-state index in [9.17, 15) is 14.4 Å². The van der Waals surface area contributed by atoms with Crippen LogP contribution in [0.5, 0.6) is 0 Å². The molecule has 1 unspecified atom stereocenters. The lowest BCUT2D eigenvalue weighted by Crippen LogP contribution is -2.37. The summed E-state index contributed by atoms with van der Waals surface area (Å²) in [5.41, 5.74) is 2.06. The molecule has 2 N–H and O–H groups in total. The molecule has 0 bridgehead atoms. The average molecular weight is 360 g/mol. The minimum absolute atomic E-state index is 0.148. The highest BCUT2D eigenvalue weighted by Gasteiger charge is 2.37. The Balaban J connectivity index is 1.80. The van der Waals surface area contributed by atoms with Crippen LogP contribution < -0.4 is 10.2 Å². The van der Waals surface area contributed by atoms with Crippen molar-refractivity contribution in [2.45, 2.75) is 51.9 Å². The topological polar surface area (TPSA) is 86.7 Å². The summed E-state index contributed by atoms with van der Waals surface area (Å²) in [7, 11) is 0. The molecule has 2 amide bonds. The van der Waals surface area contributed by atoms with E-state index < -0.39 is 11.9 Å². The number of hydrogen-bond donors (Lipinski definition) is 2. The quantitative estimate of drug-likeness (QED) is 0.524. The van der Waals surface area contributed by atoms with Gasteiger partial charge in [0.25, 0.3) is 0 Å². The molecule has 1 saturated heterocycles. The van der Waals surface area contributed by atoms with Gasteiger partial charge in [0.05, 0.1) is 0 Å². The van der Waals surface area contributed by atoms with Crippen LogP contribution >= 0.6 is 0 Å². The molecule has 0 saturated carbocycles. The molecule has 1 fully saturated rings.